The molecule has 0 spiro atoms. The number of nitrogens with one attached hydrogen (secondary N) is 3. The van der Waals surface area contributed by atoms with E-state index in [4.69, 9.17) is 4.74 Å². The number of hydrogen-bond acceptors (Lipinski definition) is 4. The largest absolute Gasteiger partial charge is 0.459 e. The van der Waals surface area contributed by atoms with Crippen molar-refractivity contribution in [2.24, 2.45) is 0 Å². The Labute approximate surface area is 219 Å². The number of urea groups is 2. The summed E-state index contributed by atoms with van der Waals surface area (Å²) in [6.45, 7) is 7.60. The van der Waals surface area contributed by atoms with Gasteiger partial charge in [0.15, 0.2) is 0 Å². The van der Waals surface area contributed by atoms with Gasteiger partial charge in [-0.1, -0.05) is 31.5 Å². The maximum absolute atomic E-state index is 13.1. The number of hydrogen-bond donors (Lipinski definition) is 3. The summed E-state index contributed by atoms with van der Waals surface area (Å²) in [5.41, 5.74) is 0.668. The third-order valence-corrected chi connectivity index (χ3v) is 5.82. The average Bonchev–Trinajstić information content (AvgIpc) is 2.82. The van der Waals surface area contributed by atoms with Crippen molar-refractivity contribution < 1.29 is 32.3 Å². The highest BCUT2D eigenvalue weighted by molar-refractivity contribution is 6.00. The van der Waals surface area contributed by atoms with E-state index >= 15 is 0 Å². The Kier molecular flexibility index (Phi) is 9.03. The molecule has 0 bridgehead atoms. The van der Waals surface area contributed by atoms with Gasteiger partial charge >= 0.3 is 24.2 Å². The third-order valence-electron chi connectivity index (χ3n) is 5.82. The van der Waals surface area contributed by atoms with Crippen molar-refractivity contribution in [3.05, 3.63) is 70.9 Å². The minimum absolute atomic E-state index is 0.0301. The van der Waals surface area contributed by atoms with Gasteiger partial charge in [0.2, 0.25) is 0 Å². The number of unbranched alkanes of at least 4 members (excludes halogenated alkanes) is 1. The van der Waals surface area contributed by atoms with E-state index in [0.29, 0.717) is 23.5 Å². The standard InChI is InChI=1S/C27H31F3N4O4/c1-5-6-13-34-17(4)22(24(35)38-16(2)3)23(33-26(34)37)18-9-7-11-20(14-18)31-25(36)32-21-12-8-10-19(15-21)27(28,29)30/h7-12,14-16,23H,5-6,13H2,1-4H3,(H,33,37)(H2,31,32,36). The lowest BCUT2D eigenvalue weighted by molar-refractivity contribution is -0.143. The van der Waals surface area contributed by atoms with E-state index in [-0.39, 0.29) is 23.4 Å². The molecule has 11 heteroatoms. The molecule has 0 saturated carbocycles. The molecule has 1 heterocycles. The molecule has 0 radical (unpaired) electrons. The van der Waals surface area contributed by atoms with E-state index in [1.807, 2.05) is 6.92 Å². The number of benzene rings is 2. The van der Waals surface area contributed by atoms with Crippen molar-refractivity contribution in [3.63, 3.8) is 0 Å². The number of carbonyl (C=O) groups excluding carboxylic acids is 3. The molecule has 3 N–H and O–H groups in total. The van der Waals surface area contributed by atoms with Crippen LogP contribution in [0.3, 0.4) is 0 Å². The SMILES string of the molecule is CCCCN1C(=O)NC(c2cccc(NC(=O)Nc3cccc(C(F)(F)F)c3)c2)C(C(=O)OC(C)C)=C1C. The Morgan fingerprint density at radius 3 is 2.32 bits per heavy atom. The summed E-state index contributed by atoms with van der Waals surface area (Å²) < 4.78 is 44.4. The first-order valence-corrected chi connectivity index (χ1v) is 12.3. The highest BCUT2D eigenvalue weighted by Crippen LogP contribution is 2.33. The molecule has 1 aliphatic rings. The fraction of sp³-hybridized carbons (Fsp3) is 0.370. The third kappa shape index (κ3) is 7.05. The van der Waals surface area contributed by atoms with Crippen molar-refractivity contribution in [2.75, 3.05) is 17.2 Å². The zero-order chi connectivity index (χ0) is 28.0. The summed E-state index contributed by atoms with van der Waals surface area (Å²) in [6, 6.07) is 8.81. The Hall–Kier alpha value is -4.02. The van der Waals surface area contributed by atoms with Crippen molar-refractivity contribution in [2.45, 2.75) is 58.9 Å². The molecule has 0 saturated heterocycles. The number of amides is 4. The van der Waals surface area contributed by atoms with Crippen LogP contribution in [-0.4, -0.2) is 35.6 Å². The lowest BCUT2D eigenvalue weighted by Gasteiger charge is -2.35. The van der Waals surface area contributed by atoms with Gasteiger partial charge in [-0.15, -0.1) is 0 Å². The summed E-state index contributed by atoms with van der Waals surface area (Å²) in [6.07, 6.45) is -3.30. The molecule has 4 amide bonds. The minimum Gasteiger partial charge on any atom is -0.459 e. The number of alkyl halides is 3. The van der Waals surface area contributed by atoms with Crippen LogP contribution in [0.25, 0.3) is 0 Å². The number of esters is 1. The smallest absolute Gasteiger partial charge is 0.416 e. The molecule has 3 rings (SSSR count). The first-order valence-electron chi connectivity index (χ1n) is 12.3. The fourth-order valence-electron chi connectivity index (χ4n) is 4.02. The topological polar surface area (TPSA) is 99.8 Å². The molecule has 1 aliphatic heterocycles. The number of carbonyl (C=O) groups is 3. The van der Waals surface area contributed by atoms with Crippen LogP contribution < -0.4 is 16.0 Å². The van der Waals surface area contributed by atoms with E-state index in [1.165, 1.54) is 17.0 Å². The van der Waals surface area contributed by atoms with Gasteiger partial charge in [-0.05, 0) is 63.1 Å². The van der Waals surface area contributed by atoms with E-state index in [1.54, 1.807) is 45.0 Å². The van der Waals surface area contributed by atoms with Gasteiger partial charge in [0, 0.05) is 23.6 Å². The molecule has 0 aromatic heterocycles. The second kappa shape index (κ2) is 12.0. The first-order chi connectivity index (χ1) is 17.9. The predicted molar refractivity (Wildman–Crippen MR) is 137 cm³/mol. The number of rotatable bonds is 8. The van der Waals surface area contributed by atoms with Gasteiger partial charge in [0.25, 0.3) is 0 Å². The second-order valence-corrected chi connectivity index (χ2v) is 9.12. The van der Waals surface area contributed by atoms with Gasteiger partial charge in [-0.25, -0.2) is 14.4 Å². The Morgan fingerprint density at radius 2 is 1.71 bits per heavy atom. The molecule has 1 unspecified atom stereocenters. The summed E-state index contributed by atoms with van der Waals surface area (Å²) in [7, 11) is 0. The van der Waals surface area contributed by atoms with Crippen LogP contribution in [0.1, 0.15) is 57.7 Å². The van der Waals surface area contributed by atoms with E-state index < -0.39 is 29.8 Å². The lowest BCUT2D eigenvalue weighted by atomic mass is 9.94. The zero-order valence-electron chi connectivity index (χ0n) is 21.6. The molecule has 0 fully saturated rings. The van der Waals surface area contributed by atoms with Crippen molar-refractivity contribution in [1.82, 2.24) is 10.2 Å². The van der Waals surface area contributed by atoms with E-state index in [0.717, 1.165) is 25.0 Å². The van der Waals surface area contributed by atoms with Crippen LogP contribution in [0.5, 0.6) is 0 Å². The molecular weight excluding hydrogens is 501 g/mol. The quantitative estimate of drug-likeness (QED) is 0.341. The summed E-state index contributed by atoms with van der Waals surface area (Å²) in [5.74, 6) is -0.565. The maximum Gasteiger partial charge on any atom is 0.416 e. The van der Waals surface area contributed by atoms with Crippen molar-refractivity contribution in [1.29, 1.82) is 0 Å². The number of nitrogens with zero attached hydrogens (tertiary/aromatic N) is 1. The monoisotopic (exact) mass is 532 g/mol. The van der Waals surface area contributed by atoms with Crippen LogP contribution in [0.15, 0.2) is 59.8 Å². The van der Waals surface area contributed by atoms with Gasteiger partial charge < -0.3 is 20.7 Å². The Morgan fingerprint density at radius 1 is 1.08 bits per heavy atom. The van der Waals surface area contributed by atoms with Crippen molar-refractivity contribution in [3.8, 4) is 0 Å². The fourth-order valence-corrected chi connectivity index (χ4v) is 4.02. The maximum atomic E-state index is 13.1. The Balaban J connectivity index is 1.86. The molecule has 204 valence electrons. The normalized spacial score (nSPS) is 15.8. The predicted octanol–water partition coefficient (Wildman–Crippen LogP) is 6.44. The van der Waals surface area contributed by atoms with Crippen molar-refractivity contribution >= 4 is 29.4 Å². The molecule has 0 aliphatic carbocycles. The Bertz CT molecular complexity index is 1230. The van der Waals surface area contributed by atoms with Gasteiger partial charge in [-0.2, -0.15) is 13.2 Å². The molecule has 8 nitrogen and oxygen atoms in total. The van der Waals surface area contributed by atoms with Gasteiger partial charge in [-0.3, -0.25) is 4.90 Å². The van der Waals surface area contributed by atoms with Crippen LogP contribution in [0.4, 0.5) is 34.1 Å². The summed E-state index contributed by atoms with van der Waals surface area (Å²) in [5, 5.41) is 7.82. The second-order valence-electron chi connectivity index (χ2n) is 9.12. The first kappa shape index (κ1) is 28.5. The van der Waals surface area contributed by atoms with Gasteiger partial charge in [0.1, 0.15) is 0 Å². The van der Waals surface area contributed by atoms with Crippen LogP contribution in [-0.2, 0) is 15.7 Å². The number of allylic oxidation sites excluding steroid dienone is 1. The molecular formula is C27H31F3N4O4. The van der Waals surface area contributed by atoms with E-state index in [9.17, 15) is 27.6 Å². The molecule has 38 heavy (non-hydrogen) atoms. The highest BCUT2D eigenvalue weighted by atomic mass is 19.4. The highest BCUT2D eigenvalue weighted by Gasteiger charge is 2.36. The molecule has 1 atom stereocenters. The number of halogens is 3. The molecule has 2 aromatic carbocycles. The van der Waals surface area contributed by atoms with E-state index in [2.05, 4.69) is 16.0 Å². The number of anilines is 2. The van der Waals surface area contributed by atoms with Gasteiger partial charge in [0.05, 0.1) is 23.3 Å². The zero-order valence-corrected chi connectivity index (χ0v) is 21.6. The minimum atomic E-state index is -4.54. The average molecular weight is 533 g/mol. The summed E-state index contributed by atoms with van der Waals surface area (Å²) >= 11 is 0. The number of ether oxygens (including phenoxy) is 1. The summed E-state index contributed by atoms with van der Waals surface area (Å²) in [4.78, 5) is 40.0. The van der Waals surface area contributed by atoms with Crippen LogP contribution in [0.2, 0.25) is 0 Å². The molecule has 2 aromatic rings. The lowest BCUT2D eigenvalue weighted by Crippen LogP contribution is -2.48. The van der Waals surface area contributed by atoms with Crippen LogP contribution in [0, 0.1) is 0 Å². The van der Waals surface area contributed by atoms with Crippen LogP contribution >= 0.6 is 0 Å².